The van der Waals surface area contributed by atoms with Gasteiger partial charge in [-0.05, 0) is 43.4 Å². The summed E-state index contributed by atoms with van der Waals surface area (Å²) < 4.78 is 0. The number of aliphatic hydroxyl groups excluding tert-OH is 1. The van der Waals surface area contributed by atoms with Gasteiger partial charge in [-0.1, -0.05) is 42.5 Å². The number of carbonyl (C=O) groups excluding carboxylic acids is 1. The van der Waals surface area contributed by atoms with Crippen LogP contribution in [0.1, 0.15) is 35.4 Å². The standard InChI is InChI=1S/C22H23N3O2/c26-14-22(12-15-6-2-1-3-7-15)13-16-10-11-19(22)25(16)21(27)20-23-17-8-4-5-9-18(17)24-20/h1-9,16,19,26H,10-14H2,(H,23,24)/t16-,19+,22-/m1/s1. The summed E-state index contributed by atoms with van der Waals surface area (Å²) in [6.07, 6.45) is 3.61. The monoisotopic (exact) mass is 361 g/mol. The first-order valence-electron chi connectivity index (χ1n) is 9.62. The molecule has 3 atom stereocenters. The molecular weight excluding hydrogens is 338 g/mol. The Morgan fingerprint density at radius 2 is 1.93 bits per heavy atom. The second-order valence-corrected chi connectivity index (χ2v) is 7.95. The van der Waals surface area contributed by atoms with E-state index in [1.165, 1.54) is 5.56 Å². The Morgan fingerprint density at radius 3 is 2.70 bits per heavy atom. The first-order chi connectivity index (χ1) is 13.2. The van der Waals surface area contributed by atoms with Gasteiger partial charge < -0.3 is 15.0 Å². The number of fused-ring (bicyclic) bond motifs is 3. The molecule has 138 valence electrons. The van der Waals surface area contributed by atoms with Gasteiger partial charge in [0.2, 0.25) is 0 Å². The van der Waals surface area contributed by atoms with E-state index in [4.69, 9.17) is 0 Å². The summed E-state index contributed by atoms with van der Waals surface area (Å²) in [6, 6.07) is 18.2. The molecule has 0 saturated carbocycles. The lowest BCUT2D eigenvalue weighted by molar-refractivity contribution is 0.0563. The fraction of sp³-hybridized carbons (Fsp3) is 0.364. The van der Waals surface area contributed by atoms with Crippen LogP contribution in [0.25, 0.3) is 11.0 Å². The Balaban J connectivity index is 1.46. The number of para-hydroxylation sites is 2. The highest BCUT2D eigenvalue weighted by molar-refractivity contribution is 5.95. The van der Waals surface area contributed by atoms with Crippen LogP contribution in [0.5, 0.6) is 0 Å². The van der Waals surface area contributed by atoms with E-state index in [9.17, 15) is 9.90 Å². The number of carbonyl (C=O) groups is 1. The summed E-state index contributed by atoms with van der Waals surface area (Å²) in [4.78, 5) is 23.0. The van der Waals surface area contributed by atoms with Gasteiger partial charge in [-0.2, -0.15) is 0 Å². The van der Waals surface area contributed by atoms with Gasteiger partial charge in [0.25, 0.3) is 5.91 Å². The molecule has 5 heteroatoms. The second kappa shape index (κ2) is 6.20. The van der Waals surface area contributed by atoms with E-state index in [0.29, 0.717) is 5.82 Å². The van der Waals surface area contributed by atoms with Gasteiger partial charge in [-0.3, -0.25) is 4.79 Å². The smallest absolute Gasteiger partial charge is 0.290 e. The van der Waals surface area contributed by atoms with Crippen molar-refractivity contribution < 1.29 is 9.90 Å². The summed E-state index contributed by atoms with van der Waals surface area (Å²) in [6.45, 7) is 0.104. The molecule has 2 N–H and O–H groups in total. The van der Waals surface area contributed by atoms with Crippen molar-refractivity contribution in [1.29, 1.82) is 0 Å². The van der Waals surface area contributed by atoms with Crippen LogP contribution >= 0.6 is 0 Å². The lowest BCUT2D eigenvalue weighted by atomic mass is 9.70. The number of amides is 1. The molecule has 27 heavy (non-hydrogen) atoms. The Hall–Kier alpha value is -2.66. The van der Waals surface area contributed by atoms with E-state index in [0.717, 1.165) is 36.7 Å². The number of imidazole rings is 1. The molecule has 1 amide bonds. The van der Waals surface area contributed by atoms with Gasteiger partial charge in [0, 0.05) is 17.5 Å². The number of aromatic nitrogens is 2. The summed E-state index contributed by atoms with van der Waals surface area (Å²) in [7, 11) is 0. The average molecular weight is 361 g/mol. The first-order valence-corrected chi connectivity index (χ1v) is 9.62. The zero-order chi connectivity index (χ0) is 18.4. The Morgan fingerprint density at radius 1 is 1.15 bits per heavy atom. The van der Waals surface area contributed by atoms with Crippen LogP contribution in [0.3, 0.4) is 0 Å². The number of benzene rings is 2. The SMILES string of the molecule is O=C(c1nc2ccccc2[nH]1)N1[C@@H]2CC[C@H]1[C@](CO)(Cc1ccccc1)C2. The van der Waals surface area contributed by atoms with E-state index in [2.05, 4.69) is 22.1 Å². The maximum atomic E-state index is 13.3. The third kappa shape index (κ3) is 2.57. The number of aliphatic hydroxyl groups is 1. The molecule has 0 spiro atoms. The molecule has 2 aromatic carbocycles. The van der Waals surface area contributed by atoms with Gasteiger partial charge in [0.1, 0.15) is 0 Å². The van der Waals surface area contributed by atoms with Gasteiger partial charge in [-0.25, -0.2) is 4.98 Å². The van der Waals surface area contributed by atoms with Crippen LogP contribution in [0.2, 0.25) is 0 Å². The number of aromatic amines is 1. The number of hydrogen-bond donors (Lipinski definition) is 2. The molecule has 3 aromatic rings. The number of nitrogens with one attached hydrogen (secondary N) is 1. The van der Waals surface area contributed by atoms with Crippen molar-refractivity contribution in [2.24, 2.45) is 5.41 Å². The fourth-order valence-electron chi connectivity index (χ4n) is 5.19. The van der Waals surface area contributed by atoms with Crippen LogP contribution in [-0.2, 0) is 6.42 Å². The third-order valence-corrected chi connectivity index (χ3v) is 6.39. The predicted molar refractivity (Wildman–Crippen MR) is 103 cm³/mol. The van der Waals surface area contributed by atoms with Crippen molar-refractivity contribution in [3.05, 3.63) is 66.0 Å². The second-order valence-electron chi connectivity index (χ2n) is 7.95. The molecule has 2 bridgehead atoms. The van der Waals surface area contributed by atoms with E-state index in [1.54, 1.807) is 0 Å². The number of rotatable bonds is 4. The lowest BCUT2D eigenvalue weighted by Crippen LogP contribution is -2.44. The molecule has 2 saturated heterocycles. The summed E-state index contributed by atoms with van der Waals surface area (Å²) >= 11 is 0. The Labute approximate surface area is 158 Å². The van der Waals surface area contributed by atoms with Crippen LogP contribution in [0.4, 0.5) is 0 Å². The molecule has 0 radical (unpaired) electrons. The number of hydrogen-bond acceptors (Lipinski definition) is 3. The maximum absolute atomic E-state index is 13.3. The highest BCUT2D eigenvalue weighted by Crippen LogP contribution is 2.51. The van der Waals surface area contributed by atoms with E-state index < -0.39 is 0 Å². The molecule has 3 heterocycles. The van der Waals surface area contributed by atoms with Crippen molar-refractivity contribution >= 4 is 16.9 Å². The molecule has 2 aliphatic heterocycles. The van der Waals surface area contributed by atoms with E-state index in [-0.39, 0.29) is 30.0 Å². The zero-order valence-corrected chi connectivity index (χ0v) is 15.1. The zero-order valence-electron chi connectivity index (χ0n) is 15.1. The Kier molecular flexibility index (Phi) is 3.79. The molecule has 5 nitrogen and oxygen atoms in total. The normalized spacial score (nSPS) is 26.8. The minimum atomic E-state index is -0.258. The average Bonchev–Trinajstić information content (AvgIpc) is 3.39. The maximum Gasteiger partial charge on any atom is 0.290 e. The first kappa shape index (κ1) is 16.5. The predicted octanol–water partition coefficient (Wildman–Crippen LogP) is 3.16. The highest BCUT2D eigenvalue weighted by atomic mass is 16.3. The quantitative estimate of drug-likeness (QED) is 0.750. The van der Waals surface area contributed by atoms with Gasteiger partial charge >= 0.3 is 0 Å². The highest BCUT2D eigenvalue weighted by Gasteiger charge is 2.57. The largest absolute Gasteiger partial charge is 0.396 e. The van der Waals surface area contributed by atoms with Crippen molar-refractivity contribution in [1.82, 2.24) is 14.9 Å². The van der Waals surface area contributed by atoms with Crippen molar-refractivity contribution in [2.75, 3.05) is 6.61 Å². The van der Waals surface area contributed by atoms with Crippen molar-refractivity contribution in [2.45, 2.75) is 37.8 Å². The molecule has 0 aliphatic carbocycles. The van der Waals surface area contributed by atoms with Gasteiger partial charge in [-0.15, -0.1) is 0 Å². The molecule has 5 rings (SSSR count). The summed E-state index contributed by atoms with van der Waals surface area (Å²) in [5.74, 6) is 0.364. The number of H-pyrrole nitrogens is 1. The van der Waals surface area contributed by atoms with Crippen molar-refractivity contribution in [3.8, 4) is 0 Å². The molecular formula is C22H23N3O2. The molecule has 1 aromatic heterocycles. The van der Waals surface area contributed by atoms with E-state index >= 15 is 0 Å². The summed E-state index contributed by atoms with van der Waals surface area (Å²) in [5.41, 5.74) is 2.65. The topological polar surface area (TPSA) is 69.2 Å². The Bertz CT molecular complexity index is 950. The summed E-state index contributed by atoms with van der Waals surface area (Å²) in [5, 5.41) is 10.3. The molecule has 0 unspecified atom stereocenters. The van der Waals surface area contributed by atoms with Gasteiger partial charge in [0.05, 0.1) is 17.6 Å². The van der Waals surface area contributed by atoms with Crippen LogP contribution < -0.4 is 0 Å². The minimum Gasteiger partial charge on any atom is -0.396 e. The fourth-order valence-corrected chi connectivity index (χ4v) is 5.19. The van der Waals surface area contributed by atoms with E-state index in [1.807, 2.05) is 47.4 Å². The number of nitrogens with zero attached hydrogens (tertiary/aromatic N) is 2. The van der Waals surface area contributed by atoms with Crippen LogP contribution in [0, 0.1) is 5.41 Å². The van der Waals surface area contributed by atoms with Crippen LogP contribution in [-0.4, -0.2) is 44.6 Å². The minimum absolute atomic E-state index is 0.0397. The van der Waals surface area contributed by atoms with Crippen LogP contribution in [0.15, 0.2) is 54.6 Å². The van der Waals surface area contributed by atoms with Crippen molar-refractivity contribution in [3.63, 3.8) is 0 Å². The molecule has 2 aliphatic rings. The lowest BCUT2D eigenvalue weighted by Gasteiger charge is -2.36. The van der Waals surface area contributed by atoms with Gasteiger partial charge in [0.15, 0.2) is 5.82 Å². The molecule has 2 fully saturated rings. The third-order valence-electron chi connectivity index (χ3n) is 6.39.